The second-order valence-corrected chi connectivity index (χ2v) is 5.44. The SMILES string of the molecule is Cc1nnc(SCCCCC(=N)N)s1. The van der Waals surface area contributed by atoms with E-state index in [-0.39, 0.29) is 5.84 Å². The number of amidine groups is 1. The first-order chi connectivity index (χ1) is 6.68. The van der Waals surface area contributed by atoms with Gasteiger partial charge in [0.1, 0.15) is 5.01 Å². The van der Waals surface area contributed by atoms with E-state index in [0.717, 1.165) is 27.9 Å². The number of rotatable bonds is 6. The summed E-state index contributed by atoms with van der Waals surface area (Å²) in [6.07, 6.45) is 2.76. The lowest BCUT2D eigenvalue weighted by Gasteiger charge is -1.97. The number of hydrogen-bond donors (Lipinski definition) is 2. The summed E-state index contributed by atoms with van der Waals surface area (Å²) in [7, 11) is 0. The van der Waals surface area contributed by atoms with Crippen LogP contribution in [0.2, 0.25) is 0 Å². The van der Waals surface area contributed by atoms with Gasteiger partial charge in [0.2, 0.25) is 0 Å². The van der Waals surface area contributed by atoms with Crippen molar-refractivity contribution in [2.24, 2.45) is 5.73 Å². The molecular formula is C8H14N4S2. The molecule has 14 heavy (non-hydrogen) atoms. The Balaban J connectivity index is 2.07. The first-order valence-electron chi connectivity index (χ1n) is 4.44. The Kier molecular flexibility index (Phi) is 4.89. The van der Waals surface area contributed by atoms with Gasteiger partial charge in [-0.3, -0.25) is 5.41 Å². The highest BCUT2D eigenvalue weighted by Crippen LogP contribution is 2.22. The number of unbranched alkanes of at least 4 members (excludes halogenated alkanes) is 1. The van der Waals surface area contributed by atoms with E-state index in [1.165, 1.54) is 0 Å². The molecule has 1 heterocycles. The molecule has 78 valence electrons. The lowest BCUT2D eigenvalue weighted by molar-refractivity contribution is 0.836. The van der Waals surface area contributed by atoms with Gasteiger partial charge in [-0.25, -0.2) is 0 Å². The summed E-state index contributed by atoms with van der Waals surface area (Å²) in [5.41, 5.74) is 5.25. The monoisotopic (exact) mass is 230 g/mol. The molecule has 1 aromatic heterocycles. The van der Waals surface area contributed by atoms with Gasteiger partial charge in [-0.1, -0.05) is 23.1 Å². The minimum absolute atomic E-state index is 0.279. The van der Waals surface area contributed by atoms with Gasteiger partial charge in [-0.05, 0) is 19.8 Å². The number of nitrogens with two attached hydrogens (primary N) is 1. The predicted molar refractivity (Wildman–Crippen MR) is 61.1 cm³/mol. The largest absolute Gasteiger partial charge is 0.388 e. The zero-order chi connectivity index (χ0) is 10.4. The highest BCUT2D eigenvalue weighted by molar-refractivity contribution is 8.01. The van der Waals surface area contributed by atoms with E-state index >= 15 is 0 Å². The molecule has 0 radical (unpaired) electrons. The predicted octanol–water partition coefficient (Wildman–Crippen LogP) is 2.04. The van der Waals surface area contributed by atoms with Crippen molar-refractivity contribution in [2.75, 3.05) is 5.75 Å². The number of aryl methyl sites for hydroxylation is 1. The van der Waals surface area contributed by atoms with Crippen LogP contribution in [0.1, 0.15) is 24.3 Å². The standard InChI is InChI=1S/C8H14N4S2/c1-6-11-12-8(14-6)13-5-3-2-4-7(9)10/h2-5H2,1H3,(H3,9,10). The lowest BCUT2D eigenvalue weighted by atomic mass is 10.2. The fraction of sp³-hybridized carbons (Fsp3) is 0.625. The van der Waals surface area contributed by atoms with Gasteiger partial charge < -0.3 is 5.73 Å². The van der Waals surface area contributed by atoms with Gasteiger partial charge in [0.25, 0.3) is 0 Å². The average molecular weight is 230 g/mol. The molecule has 3 N–H and O–H groups in total. The van der Waals surface area contributed by atoms with E-state index in [1.807, 2.05) is 6.92 Å². The summed E-state index contributed by atoms with van der Waals surface area (Å²) in [5, 5.41) is 16.0. The number of aromatic nitrogens is 2. The maximum Gasteiger partial charge on any atom is 0.174 e. The topological polar surface area (TPSA) is 75.7 Å². The average Bonchev–Trinajstić information content (AvgIpc) is 2.50. The van der Waals surface area contributed by atoms with Crippen molar-refractivity contribution in [2.45, 2.75) is 30.5 Å². The van der Waals surface area contributed by atoms with E-state index in [0.29, 0.717) is 6.42 Å². The maximum absolute atomic E-state index is 7.05. The highest BCUT2D eigenvalue weighted by atomic mass is 32.2. The lowest BCUT2D eigenvalue weighted by Crippen LogP contribution is -2.08. The van der Waals surface area contributed by atoms with Crippen LogP contribution in [0.4, 0.5) is 0 Å². The van der Waals surface area contributed by atoms with Crippen LogP contribution in [0.15, 0.2) is 4.34 Å². The van der Waals surface area contributed by atoms with Gasteiger partial charge in [-0.15, -0.1) is 10.2 Å². The first-order valence-corrected chi connectivity index (χ1v) is 6.24. The van der Waals surface area contributed by atoms with Gasteiger partial charge >= 0.3 is 0 Å². The molecule has 0 spiro atoms. The van der Waals surface area contributed by atoms with E-state index in [4.69, 9.17) is 11.1 Å². The molecule has 0 aliphatic carbocycles. The quantitative estimate of drug-likeness (QED) is 0.339. The van der Waals surface area contributed by atoms with Crippen molar-refractivity contribution in [3.8, 4) is 0 Å². The van der Waals surface area contributed by atoms with Gasteiger partial charge in [0, 0.05) is 12.2 Å². The molecule has 0 aliphatic rings. The van der Waals surface area contributed by atoms with E-state index < -0.39 is 0 Å². The van der Waals surface area contributed by atoms with Gasteiger partial charge in [-0.2, -0.15) is 0 Å². The van der Waals surface area contributed by atoms with Crippen molar-refractivity contribution in [3.63, 3.8) is 0 Å². The van der Waals surface area contributed by atoms with Crippen LogP contribution in [0.5, 0.6) is 0 Å². The third-order valence-corrected chi connectivity index (χ3v) is 3.63. The van der Waals surface area contributed by atoms with Crippen molar-refractivity contribution < 1.29 is 0 Å². The summed E-state index contributed by atoms with van der Waals surface area (Å²) in [6, 6.07) is 0. The number of nitrogens with zero attached hydrogens (tertiary/aromatic N) is 2. The summed E-state index contributed by atoms with van der Waals surface area (Å²) in [6.45, 7) is 1.96. The third-order valence-electron chi connectivity index (χ3n) is 1.57. The number of hydrogen-bond acceptors (Lipinski definition) is 5. The summed E-state index contributed by atoms with van der Waals surface area (Å²) < 4.78 is 1.03. The summed E-state index contributed by atoms with van der Waals surface area (Å²) in [4.78, 5) is 0. The molecule has 0 saturated carbocycles. The second kappa shape index (κ2) is 5.98. The molecule has 0 fully saturated rings. The smallest absolute Gasteiger partial charge is 0.174 e. The zero-order valence-corrected chi connectivity index (χ0v) is 9.75. The fourth-order valence-corrected chi connectivity index (χ4v) is 2.80. The Labute approximate surface area is 91.8 Å². The number of nitrogens with one attached hydrogen (secondary N) is 1. The van der Waals surface area contributed by atoms with Gasteiger partial charge in [0.15, 0.2) is 4.34 Å². The molecular weight excluding hydrogens is 216 g/mol. The van der Waals surface area contributed by atoms with Crippen LogP contribution in [0.25, 0.3) is 0 Å². The number of thioether (sulfide) groups is 1. The fourth-order valence-electron chi connectivity index (χ4n) is 0.914. The van der Waals surface area contributed by atoms with Crippen molar-refractivity contribution in [3.05, 3.63) is 5.01 Å². The van der Waals surface area contributed by atoms with Gasteiger partial charge in [0.05, 0.1) is 5.84 Å². The molecule has 6 heteroatoms. The first kappa shape index (κ1) is 11.5. The van der Waals surface area contributed by atoms with Crippen molar-refractivity contribution in [1.29, 1.82) is 5.41 Å². The Morgan fingerprint density at radius 1 is 1.50 bits per heavy atom. The summed E-state index contributed by atoms with van der Waals surface area (Å²) >= 11 is 3.35. The molecule has 4 nitrogen and oxygen atoms in total. The molecule has 0 unspecified atom stereocenters. The Hall–Kier alpha value is -0.620. The molecule has 0 bridgehead atoms. The van der Waals surface area contributed by atoms with Crippen LogP contribution >= 0.6 is 23.1 Å². The molecule has 1 aromatic rings. The van der Waals surface area contributed by atoms with Crippen LogP contribution in [-0.4, -0.2) is 21.8 Å². The molecule has 0 aromatic carbocycles. The third kappa shape index (κ3) is 4.57. The Morgan fingerprint density at radius 3 is 2.86 bits per heavy atom. The molecule has 0 amide bonds. The zero-order valence-electron chi connectivity index (χ0n) is 8.12. The van der Waals surface area contributed by atoms with Crippen molar-refractivity contribution >= 4 is 28.9 Å². The van der Waals surface area contributed by atoms with E-state index in [2.05, 4.69) is 10.2 Å². The summed E-state index contributed by atoms with van der Waals surface area (Å²) in [5.74, 6) is 1.31. The van der Waals surface area contributed by atoms with E-state index in [1.54, 1.807) is 23.1 Å². The second-order valence-electron chi connectivity index (χ2n) is 2.92. The van der Waals surface area contributed by atoms with Crippen LogP contribution in [0.3, 0.4) is 0 Å². The highest BCUT2D eigenvalue weighted by Gasteiger charge is 2.00. The maximum atomic E-state index is 7.05. The minimum Gasteiger partial charge on any atom is -0.388 e. The molecule has 0 saturated heterocycles. The normalized spacial score (nSPS) is 10.4. The Morgan fingerprint density at radius 2 is 2.29 bits per heavy atom. The Bertz CT molecular complexity index is 297. The molecule has 1 rings (SSSR count). The minimum atomic E-state index is 0.279. The van der Waals surface area contributed by atoms with E-state index in [9.17, 15) is 0 Å². The van der Waals surface area contributed by atoms with Crippen LogP contribution in [0, 0.1) is 12.3 Å². The van der Waals surface area contributed by atoms with Crippen molar-refractivity contribution in [1.82, 2.24) is 10.2 Å². The van der Waals surface area contributed by atoms with Crippen LogP contribution in [-0.2, 0) is 0 Å². The molecule has 0 atom stereocenters. The molecule has 0 aliphatic heterocycles. The van der Waals surface area contributed by atoms with Crippen LogP contribution < -0.4 is 5.73 Å².